The fourth-order valence-electron chi connectivity index (χ4n) is 4.21. The van der Waals surface area contributed by atoms with Crippen molar-refractivity contribution in [3.05, 3.63) is 46.2 Å². The molecule has 0 aliphatic carbocycles. The number of amides is 2. The zero-order valence-electron chi connectivity index (χ0n) is 16.7. The quantitative estimate of drug-likeness (QED) is 0.395. The lowest BCUT2D eigenvalue weighted by atomic mass is 10.0. The van der Waals surface area contributed by atoms with Crippen molar-refractivity contribution in [1.82, 2.24) is 10.0 Å². The van der Waals surface area contributed by atoms with Crippen LogP contribution in [0.1, 0.15) is 25.7 Å². The zero-order valence-corrected chi connectivity index (χ0v) is 19.0. The first kappa shape index (κ1) is 23.1. The second kappa shape index (κ2) is 9.03. The number of hydrogen-bond donors (Lipinski definition) is 5. The average molecular weight is 503 g/mol. The van der Waals surface area contributed by atoms with Gasteiger partial charge in [-0.05, 0) is 49.9 Å². The Morgan fingerprint density at radius 1 is 1.06 bits per heavy atom. The molecule has 2 atom stereocenters. The predicted octanol–water partition coefficient (Wildman–Crippen LogP) is 4.04. The molecule has 4 rings (SSSR count). The third-order valence-electron chi connectivity index (χ3n) is 5.60. The van der Waals surface area contributed by atoms with Gasteiger partial charge in [0.2, 0.25) is 10.0 Å². The smallest absolute Gasteiger partial charge is 0.323 e. The summed E-state index contributed by atoms with van der Waals surface area (Å²) in [5, 5.41) is 18.2. The molecular formula is C20H21Cl2FN4O4S. The highest BCUT2D eigenvalue weighted by Gasteiger charge is 2.36. The highest BCUT2D eigenvalue weighted by atomic mass is 35.5. The summed E-state index contributed by atoms with van der Waals surface area (Å²) in [4.78, 5) is 11.8. The molecule has 0 aromatic heterocycles. The molecule has 2 aliphatic heterocycles. The lowest BCUT2D eigenvalue weighted by Gasteiger charge is -2.29. The third-order valence-corrected chi connectivity index (χ3v) is 8.00. The molecular weight excluding hydrogens is 482 g/mol. The molecule has 2 aliphatic rings. The van der Waals surface area contributed by atoms with Gasteiger partial charge in [-0.15, -0.1) is 0 Å². The van der Waals surface area contributed by atoms with Gasteiger partial charge < -0.3 is 21.1 Å². The van der Waals surface area contributed by atoms with Crippen LogP contribution in [0, 0.1) is 5.82 Å². The Morgan fingerprint density at radius 2 is 1.72 bits per heavy atom. The van der Waals surface area contributed by atoms with Crippen molar-refractivity contribution in [2.45, 2.75) is 48.7 Å². The van der Waals surface area contributed by atoms with Crippen LogP contribution < -0.4 is 20.7 Å². The van der Waals surface area contributed by atoms with E-state index in [2.05, 4.69) is 20.7 Å². The fraction of sp³-hybridized carbons (Fsp3) is 0.350. The number of phenolic OH excluding ortho intramolecular Hbond substituents is 1. The number of benzene rings is 2. The molecule has 2 fully saturated rings. The van der Waals surface area contributed by atoms with E-state index in [9.17, 15) is 22.7 Å². The number of hydrogen-bond acceptors (Lipinski definition) is 5. The number of piperidine rings is 1. The van der Waals surface area contributed by atoms with Crippen LogP contribution in [0.5, 0.6) is 5.75 Å². The maximum absolute atomic E-state index is 13.6. The largest absolute Gasteiger partial charge is 0.504 e. The fourth-order valence-corrected chi connectivity index (χ4v) is 6.28. The molecule has 2 aromatic carbocycles. The number of carbonyl (C=O) groups excluding carboxylic acids is 1. The number of nitrogens with one attached hydrogen (secondary N) is 4. The average Bonchev–Trinajstić information content (AvgIpc) is 3.05. The molecule has 8 nitrogen and oxygen atoms in total. The van der Waals surface area contributed by atoms with Gasteiger partial charge in [0.15, 0.2) is 5.75 Å². The number of halogens is 3. The lowest BCUT2D eigenvalue weighted by Crippen LogP contribution is -2.47. The molecule has 32 heavy (non-hydrogen) atoms. The highest BCUT2D eigenvalue weighted by Crippen LogP contribution is 2.38. The van der Waals surface area contributed by atoms with Crippen molar-refractivity contribution in [2.75, 3.05) is 10.6 Å². The van der Waals surface area contributed by atoms with Crippen LogP contribution in [0.2, 0.25) is 10.0 Å². The first-order valence-electron chi connectivity index (χ1n) is 9.96. The van der Waals surface area contributed by atoms with Gasteiger partial charge in [0, 0.05) is 18.1 Å². The van der Waals surface area contributed by atoms with Crippen LogP contribution in [-0.4, -0.2) is 37.7 Å². The second-order valence-corrected chi connectivity index (χ2v) is 10.3. The summed E-state index contributed by atoms with van der Waals surface area (Å²) in [6, 6.07) is 5.77. The van der Waals surface area contributed by atoms with Gasteiger partial charge in [0.05, 0.1) is 21.4 Å². The third kappa shape index (κ3) is 4.79. The van der Waals surface area contributed by atoms with Crippen LogP contribution in [-0.2, 0) is 10.0 Å². The van der Waals surface area contributed by atoms with Crippen molar-refractivity contribution in [1.29, 1.82) is 0 Å². The molecule has 0 saturated carbocycles. The number of anilines is 2. The number of rotatable bonds is 5. The van der Waals surface area contributed by atoms with Gasteiger partial charge in [0.1, 0.15) is 10.7 Å². The summed E-state index contributed by atoms with van der Waals surface area (Å²) < 4.78 is 42.2. The highest BCUT2D eigenvalue weighted by molar-refractivity contribution is 7.89. The number of urea groups is 1. The first-order chi connectivity index (χ1) is 15.1. The summed E-state index contributed by atoms with van der Waals surface area (Å²) in [7, 11) is -4.17. The Balaban J connectivity index is 1.53. The standard InChI is InChI=1S/C20H21Cl2FN4O4S/c21-13-6-7-16(26-20(29)25-15-3-1-2-14(23)17(15)22)18(28)19(13)32(30,31)27-12-8-10-4-5-11(9-12)24-10/h1-3,6-7,10-12,24,27-28H,4-5,8-9H2,(H2,25,26,29). The van der Waals surface area contributed by atoms with Crippen LogP contribution in [0.25, 0.3) is 0 Å². The number of carbonyl (C=O) groups is 1. The van der Waals surface area contributed by atoms with Gasteiger partial charge >= 0.3 is 6.03 Å². The maximum atomic E-state index is 13.6. The molecule has 2 unspecified atom stereocenters. The minimum absolute atomic E-state index is 0.00710. The molecule has 2 saturated heterocycles. The summed E-state index contributed by atoms with van der Waals surface area (Å²) in [5.74, 6) is -1.42. The SMILES string of the molecule is O=C(Nc1ccc(Cl)c(S(=O)(=O)NC2CC3CCC(C2)N3)c1O)Nc1cccc(F)c1Cl. The Bertz CT molecular complexity index is 1150. The molecule has 2 bridgehead atoms. The lowest BCUT2D eigenvalue weighted by molar-refractivity contribution is 0.262. The van der Waals surface area contributed by atoms with Crippen LogP contribution >= 0.6 is 23.2 Å². The molecule has 2 aromatic rings. The maximum Gasteiger partial charge on any atom is 0.323 e. The van der Waals surface area contributed by atoms with Crippen LogP contribution in [0.4, 0.5) is 20.6 Å². The first-order valence-corrected chi connectivity index (χ1v) is 12.2. The van der Waals surface area contributed by atoms with Gasteiger partial charge in [-0.25, -0.2) is 22.3 Å². The van der Waals surface area contributed by atoms with Crippen molar-refractivity contribution >= 4 is 50.6 Å². The molecule has 172 valence electrons. The summed E-state index contributed by atoms with van der Waals surface area (Å²) >= 11 is 11.9. The van der Waals surface area contributed by atoms with Crippen LogP contribution in [0.3, 0.4) is 0 Å². The van der Waals surface area contributed by atoms with Crippen LogP contribution in [0.15, 0.2) is 35.2 Å². The molecule has 0 radical (unpaired) electrons. The topological polar surface area (TPSA) is 120 Å². The predicted molar refractivity (Wildman–Crippen MR) is 120 cm³/mol. The van der Waals surface area contributed by atoms with Crippen molar-refractivity contribution in [3.63, 3.8) is 0 Å². The van der Waals surface area contributed by atoms with Crippen molar-refractivity contribution in [3.8, 4) is 5.75 Å². The van der Waals surface area contributed by atoms with Gasteiger partial charge in [0.25, 0.3) is 0 Å². The van der Waals surface area contributed by atoms with E-state index >= 15 is 0 Å². The number of aromatic hydroxyl groups is 1. The number of sulfonamides is 1. The van der Waals surface area contributed by atoms with Gasteiger partial charge in [-0.1, -0.05) is 29.3 Å². The van der Waals surface area contributed by atoms with E-state index in [0.717, 1.165) is 18.9 Å². The Kier molecular flexibility index (Phi) is 6.51. The van der Waals surface area contributed by atoms with Crippen molar-refractivity contribution in [2.24, 2.45) is 0 Å². The minimum Gasteiger partial charge on any atom is -0.504 e. The van der Waals surface area contributed by atoms with E-state index in [1.165, 1.54) is 24.3 Å². The van der Waals surface area contributed by atoms with E-state index in [4.69, 9.17) is 23.2 Å². The molecule has 2 heterocycles. The van der Waals surface area contributed by atoms with Gasteiger partial charge in [-0.3, -0.25) is 0 Å². The Morgan fingerprint density at radius 3 is 2.41 bits per heavy atom. The zero-order chi connectivity index (χ0) is 23.0. The number of phenols is 1. The molecule has 5 N–H and O–H groups in total. The van der Waals surface area contributed by atoms with E-state index in [1.807, 2.05) is 0 Å². The van der Waals surface area contributed by atoms with E-state index in [0.29, 0.717) is 12.8 Å². The summed E-state index contributed by atoms with van der Waals surface area (Å²) in [5.41, 5.74) is -0.183. The summed E-state index contributed by atoms with van der Waals surface area (Å²) in [6.45, 7) is 0. The second-order valence-electron chi connectivity index (χ2n) is 7.88. The molecule has 0 spiro atoms. The molecule has 12 heteroatoms. The monoisotopic (exact) mass is 502 g/mol. The minimum atomic E-state index is -4.17. The van der Waals surface area contributed by atoms with E-state index < -0.39 is 32.5 Å². The van der Waals surface area contributed by atoms with E-state index in [1.54, 1.807) is 0 Å². The molecule has 2 amide bonds. The summed E-state index contributed by atoms with van der Waals surface area (Å²) in [6.07, 6.45) is 3.28. The Hall–Kier alpha value is -2.11. The van der Waals surface area contributed by atoms with Crippen molar-refractivity contribution < 1.29 is 22.7 Å². The van der Waals surface area contributed by atoms with E-state index in [-0.39, 0.29) is 39.5 Å². The number of fused-ring (bicyclic) bond motifs is 2. The normalized spacial score (nSPS) is 22.5. The van der Waals surface area contributed by atoms with Gasteiger partial charge in [-0.2, -0.15) is 0 Å². The Labute approximate surface area is 194 Å².